The van der Waals surface area contributed by atoms with Gasteiger partial charge < -0.3 is 14.5 Å². The average Bonchev–Trinajstić information content (AvgIpc) is 3.10. The molecular formula is C40H34N4O. The third-order valence-corrected chi connectivity index (χ3v) is 7.43. The van der Waals surface area contributed by atoms with Crippen LogP contribution in [0.5, 0.6) is 0 Å². The molecule has 0 atom stereocenters. The van der Waals surface area contributed by atoms with E-state index in [1.165, 1.54) is 5.69 Å². The van der Waals surface area contributed by atoms with Gasteiger partial charge in [0.05, 0.1) is 0 Å². The molecule has 0 aromatic heterocycles. The average molecular weight is 587 g/mol. The van der Waals surface area contributed by atoms with Crippen molar-refractivity contribution < 1.29 is 4.74 Å². The number of nitriles is 2. The van der Waals surface area contributed by atoms with Gasteiger partial charge in [0, 0.05) is 41.4 Å². The number of hydrogen-bond donors (Lipinski definition) is 0. The lowest BCUT2D eigenvalue weighted by Gasteiger charge is -2.25. The summed E-state index contributed by atoms with van der Waals surface area (Å²) in [6, 6.07) is 41.2. The van der Waals surface area contributed by atoms with Gasteiger partial charge in [-0.1, -0.05) is 72.8 Å². The van der Waals surface area contributed by atoms with Crippen LogP contribution in [-0.2, 0) is 4.74 Å². The van der Waals surface area contributed by atoms with Crippen LogP contribution in [0.1, 0.15) is 25.0 Å². The molecule has 0 saturated heterocycles. The summed E-state index contributed by atoms with van der Waals surface area (Å²) in [4.78, 5) is 4.51. The minimum absolute atomic E-state index is 0.0324. The SMILES string of the molecule is CCN(CC)c1ccc(/C=C/C2=CC(=C(C#N)C#N)C=C(/C=C/c3ccc(N(c4ccccc4)c4ccccc4)cc3)O2)cc1. The van der Waals surface area contributed by atoms with Gasteiger partial charge in [0.15, 0.2) is 0 Å². The topological polar surface area (TPSA) is 63.3 Å². The predicted octanol–water partition coefficient (Wildman–Crippen LogP) is 9.87. The van der Waals surface area contributed by atoms with Gasteiger partial charge in [0.2, 0.25) is 0 Å². The van der Waals surface area contributed by atoms with Crippen LogP contribution in [0.2, 0.25) is 0 Å². The van der Waals surface area contributed by atoms with Crippen molar-refractivity contribution in [2.45, 2.75) is 13.8 Å². The fourth-order valence-corrected chi connectivity index (χ4v) is 5.08. The highest BCUT2D eigenvalue weighted by molar-refractivity contribution is 5.77. The number of hydrogen-bond acceptors (Lipinski definition) is 5. The summed E-state index contributed by atoms with van der Waals surface area (Å²) in [5, 5.41) is 19.1. The van der Waals surface area contributed by atoms with E-state index in [0.717, 1.165) is 41.3 Å². The molecular weight excluding hydrogens is 552 g/mol. The summed E-state index contributed by atoms with van der Waals surface area (Å²) >= 11 is 0. The van der Waals surface area contributed by atoms with Crippen molar-refractivity contribution in [3.05, 3.63) is 167 Å². The van der Waals surface area contributed by atoms with Crippen LogP contribution < -0.4 is 9.80 Å². The molecule has 0 radical (unpaired) electrons. The molecule has 0 fully saturated rings. The second-order valence-corrected chi connectivity index (χ2v) is 10.3. The summed E-state index contributed by atoms with van der Waals surface area (Å²) in [5.41, 5.74) is 6.92. The zero-order chi connectivity index (χ0) is 31.4. The molecule has 1 heterocycles. The lowest BCUT2D eigenvalue weighted by atomic mass is 10.0. The summed E-state index contributed by atoms with van der Waals surface area (Å²) in [6.45, 7) is 6.20. The summed E-state index contributed by atoms with van der Waals surface area (Å²) in [5.74, 6) is 1.07. The summed E-state index contributed by atoms with van der Waals surface area (Å²) < 4.78 is 6.15. The van der Waals surface area contributed by atoms with Crippen LogP contribution in [-0.4, -0.2) is 13.1 Å². The fourth-order valence-electron chi connectivity index (χ4n) is 5.08. The molecule has 220 valence electrons. The molecule has 0 amide bonds. The zero-order valence-corrected chi connectivity index (χ0v) is 25.5. The van der Waals surface area contributed by atoms with E-state index < -0.39 is 0 Å². The Bertz CT molecular complexity index is 1770. The third kappa shape index (κ3) is 7.68. The molecule has 5 rings (SSSR count). The van der Waals surface area contributed by atoms with Crippen molar-refractivity contribution in [2.75, 3.05) is 22.9 Å². The molecule has 0 bridgehead atoms. The molecule has 0 saturated carbocycles. The van der Waals surface area contributed by atoms with Crippen LogP contribution in [0.3, 0.4) is 0 Å². The molecule has 0 N–H and O–H groups in total. The van der Waals surface area contributed by atoms with Crippen molar-refractivity contribution >= 4 is 34.9 Å². The van der Waals surface area contributed by atoms with E-state index in [1.807, 2.05) is 72.8 Å². The number of allylic oxidation sites excluding steroid dienone is 6. The molecule has 0 spiro atoms. The highest BCUT2D eigenvalue weighted by Crippen LogP contribution is 2.34. The van der Waals surface area contributed by atoms with Crippen LogP contribution in [0.25, 0.3) is 12.2 Å². The molecule has 0 unspecified atom stereocenters. The molecule has 0 aliphatic carbocycles. The van der Waals surface area contributed by atoms with Gasteiger partial charge in [-0.25, -0.2) is 0 Å². The lowest BCUT2D eigenvalue weighted by Crippen LogP contribution is -2.21. The first-order valence-corrected chi connectivity index (χ1v) is 15.0. The maximum atomic E-state index is 9.54. The molecule has 5 heteroatoms. The predicted molar refractivity (Wildman–Crippen MR) is 185 cm³/mol. The second kappa shape index (κ2) is 14.9. The largest absolute Gasteiger partial charge is 0.457 e. The Balaban J connectivity index is 1.36. The summed E-state index contributed by atoms with van der Waals surface area (Å²) in [7, 11) is 0. The Hall–Kier alpha value is -6.04. The van der Waals surface area contributed by atoms with E-state index in [-0.39, 0.29) is 5.57 Å². The monoisotopic (exact) mass is 586 g/mol. The van der Waals surface area contributed by atoms with Gasteiger partial charge in [-0.15, -0.1) is 0 Å². The fraction of sp³-hybridized carbons (Fsp3) is 0.100. The Morgan fingerprint density at radius 3 is 1.42 bits per heavy atom. The van der Waals surface area contributed by atoms with E-state index in [0.29, 0.717) is 17.1 Å². The highest BCUT2D eigenvalue weighted by atomic mass is 16.5. The molecule has 1 aliphatic rings. The van der Waals surface area contributed by atoms with E-state index in [1.54, 1.807) is 12.2 Å². The minimum Gasteiger partial charge on any atom is -0.457 e. The highest BCUT2D eigenvalue weighted by Gasteiger charge is 2.13. The van der Waals surface area contributed by atoms with Gasteiger partial charge in [0.25, 0.3) is 0 Å². The maximum absolute atomic E-state index is 9.54. The minimum atomic E-state index is 0.0324. The van der Waals surface area contributed by atoms with Crippen molar-refractivity contribution in [3.63, 3.8) is 0 Å². The Labute approximate surface area is 265 Å². The standard InChI is InChI=1S/C40H34N4O/c1-3-43(4-2)35-21-15-31(16-22-35)19-25-39-27-33(34(29-41)30-42)28-40(45-39)26-20-32-17-23-38(24-18-32)44(36-11-7-5-8-12-36)37-13-9-6-10-14-37/h5-28H,3-4H2,1-2H3/b25-19+,26-20+. The Kier molecular flexibility index (Phi) is 10.1. The van der Waals surface area contributed by atoms with Crippen LogP contribution in [0.4, 0.5) is 22.7 Å². The molecule has 4 aromatic carbocycles. The van der Waals surface area contributed by atoms with Gasteiger partial charge in [-0.3, -0.25) is 0 Å². The molecule has 45 heavy (non-hydrogen) atoms. The van der Waals surface area contributed by atoms with Gasteiger partial charge in [-0.05, 0) is 97.8 Å². The first-order chi connectivity index (χ1) is 22.1. The molecule has 1 aliphatic heterocycles. The Morgan fingerprint density at radius 1 is 0.578 bits per heavy atom. The number of ether oxygens (including phenoxy) is 1. The van der Waals surface area contributed by atoms with E-state index in [9.17, 15) is 10.5 Å². The second-order valence-electron chi connectivity index (χ2n) is 10.3. The molecule has 5 nitrogen and oxygen atoms in total. The summed E-state index contributed by atoms with van der Waals surface area (Å²) in [6.07, 6.45) is 11.1. The van der Waals surface area contributed by atoms with Gasteiger partial charge >= 0.3 is 0 Å². The molecule has 4 aromatic rings. The maximum Gasteiger partial charge on any atom is 0.137 e. The first-order valence-electron chi connectivity index (χ1n) is 15.0. The third-order valence-electron chi connectivity index (χ3n) is 7.43. The normalized spacial score (nSPS) is 12.6. The van der Waals surface area contributed by atoms with Gasteiger partial charge in [-0.2, -0.15) is 10.5 Å². The Morgan fingerprint density at radius 2 is 1.00 bits per heavy atom. The first kappa shape index (κ1) is 30.4. The smallest absolute Gasteiger partial charge is 0.137 e. The van der Waals surface area contributed by atoms with Crippen molar-refractivity contribution in [1.29, 1.82) is 10.5 Å². The van der Waals surface area contributed by atoms with Gasteiger partial charge in [0.1, 0.15) is 29.2 Å². The number of para-hydroxylation sites is 2. The van der Waals surface area contributed by atoms with Crippen molar-refractivity contribution in [3.8, 4) is 12.1 Å². The number of nitrogens with zero attached hydrogens (tertiary/aromatic N) is 4. The van der Waals surface area contributed by atoms with Crippen molar-refractivity contribution in [1.82, 2.24) is 0 Å². The number of anilines is 4. The van der Waals surface area contributed by atoms with Crippen LogP contribution in [0, 0.1) is 22.7 Å². The van der Waals surface area contributed by atoms with E-state index >= 15 is 0 Å². The van der Waals surface area contributed by atoms with E-state index in [4.69, 9.17) is 4.74 Å². The lowest BCUT2D eigenvalue weighted by molar-refractivity contribution is 0.332. The number of benzene rings is 4. The number of rotatable bonds is 10. The zero-order valence-electron chi connectivity index (χ0n) is 25.5. The van der Waals surface area contributed by atoms with Crippen LogP contribution >= 0.6 is 0 Å². The van der Waals surface area contributed by atoms with Crippen LogP contribution in [0.15, 0.2) is 156 Å². The van der Waals surface area contributed by atoms with E-state index in [2.05, 4.69) is 96.4 Å². The van der Waals surface area contributed by atoms with Crippen molar-refractivity contribution in [2.24, 2.45) is 0 Å². The quantitative estimate of drug-likeness (QED) is 0.173.